The number of ether oxygens (including phenoxy) is 2. The van der Waals surface area contributed by atoms with Crippen LogP contribution in [-0.4, -0.2) is 120 Å². The van der Waals surface area contributed by atoms with E-state index in [1.54, 1.807) is 0 Å². The van der Waals surface area contributed by atoms with Crippen molar-refractivity contribution in [2.24, 2.45) is 5.73 Å². The van der Waals surface area contributed by atoms with Gasteiger partial charge in [0.1, 0.15) is 54.9 Å². The summed E-state index contributed by atoms with van der Waals surface area (Å²) in [5.41, 5.74) is 3.11. The lowest BCUT2D eigenvalue weighted by molar-refractivity contribution is -0.368. The van der Waals surface area contributed by atoms with E-state index in [1.807, 2.05) is 0 Å². The molecular weight excluding hydrogens is 334 g/mol. The van der Waals surface area contributed by atoms with Gasteiger partial charge < -0.3 is 55.4 Å². The SMILES string of the molecule is NC1(OC2OC(CO)C(O)C(O)C2O)[C@@H](O)[C@H](O)C(O)[C@H](O)[C@@H]1O. The van der Waals surface area contributed by atoms with Gasteiger partial charge in [0.05, 0.1) is 6.61 Å². The van der Waals surface area contributed by atoms with Gasteiger partial charge >= 0.3 is 0 Å². The van der Waals surface area contributed by atoms with Gasteiger partial charge in [0.15, 0.2) is 12.0 Å². The first kappa shape index (κ1) is 19.8. The maximum absolute atomic E-state index is 9.98. The molecule has 1 heterocycles. The highest BCUT2D eigenvalue weighted by Crippen LogP contribution is 2.33. The molecule has 0 spiro atoms. The average molecular weight is 357 g/mol. The molecule has 0 amide bonds. The zero-order chi connectivity index (χ0) is 18.4. The minimum absolute atomic E-state index is 0.753. The predicted octanol–water partition coefficient (Wildman–Crippen LogP) is -6.72. The van der Waals surface area contributed by atoms with E-state index in [-0.39, 0.29) is 0 Å². The smallest absolute Gasteiger partial charge is 0.189 e. The van der Waals surface area contributed by atoms with Gasteiger partial charge in [0.25, 0.3) is 0 Å². The third-order valence-electron chi connectivity index (χ3n) is 4.44. The Morgan fingerprint density at radius 1 is 0.750 bits per heavy atom. The molecule has 2 aliphatic rings. The molecule has 1 saturated heterocycles. The Hall–Kier alpha value is -0.480. The highest BCUT2D eigenvalue weighted by atomic mass is 16.7. The zero-order valence-corrected chi connectivity index (χ0v) is 12.4. The van der Waals surface area contributed by atoms with Crippen LogP contribution in [0, 0.1) is 0 Å². The molecule has 12 nitrogen and oxygen atoms in total. The molecule has 0 aromatic rings. The standard InChI is InChI=1S/C12H23NO11/c13-12(9(21)6(18)5(17)7(19)10(12)22)24-11-8(20)4(16)3(15)2(1-14)23-11/h2-11,14-22H,1,13H2/t2?,3?,4?,5?,6-,7+,8?,9-,10-,11?,12?/m0/s1. The quantitative estimate of drug-likeness (QED) is 0.213. The molecule has 11 atom stereocenters. The summed E-state index contributed by atoms with van der Waals surface area (Å²) in [5, 5.41) is 87.2. The molecule has 1 aliphatic carbocycles. The summed E-state index contributed by atoms with van der Waals surface area (Å²) in [4.78, 5) is 0. The lowest BCUT2D eigenvalue weighted by Crippen LogP contribution is -2.77. The Bertz CT molecular complexity index is 421. The number of rotatable bonds is 3. The Morgan fingerprint density at radius 2 is 1.21 bits per heavy atom. The number of nitrogens with two attached hydrogens (primary N) is 1. The molecule has 0 aromatic carbocycles. The topological polar surface area (TPSA) is 227 Å². The summed E-state index contributed by atoms with van der Waals surface area (Å²) < 4.78 is 10.1. The molecule has 0 aromatic heterocycles. The van der Waals surface area contributed by atoms with Crippen molar-refractivity contribution >= 4 is 0 Å². The highest BCUT2D eigenvalue weighted by molar-refractivity contribution is 5.07. The van der Waals surface area contributed by atoms with E-state index in [0.717, 1.165) is 0 Å². The zero-order valence-electron chi connectivity index (χ0n) is 12.4. The van der Waals surface area contributed by atoms with Crippen LogP contribution < -0.4 is 5.73 Å². The van der Waals surface area contributed by atoms with Gasteiger partial charge in [0, 0.05) is 0 Å². The van der Waals surface area contributed by atoms with E-state index in [1.165, 1.54) is 0 Å². The monoisotopic (exact) mass is 357 g/mol. The Labute approximate surface area is 135 Å². The second-order valence-corrected chi connectivity index (χ2v) is 6.03. The van der Waals surface area contributed by atoms with Crippen molar-refractivity contribution in [1.82, 2.24) is 0 Å². The van der Waals surface area contributed by atoms with Crippen LogP contribution in [0.1, 0.15) is 0 Å². The van der Waals surface area contributed by atoms with Gasteiger partial charge in [-0.3, -0.25) is 5.73 Å². The third kappa shape index (κ3) is 3.05. The Morgan fingerprint density at radius 3 is 1.67 bits per heavy atom. The van der Waals surface area contributed by atoms with Crippen molar-refractivity contribution in [1.29, 1.82) is 0 Å². The first-order valence-electron chi connectivity index (χ1n) is 7.23. The number of aliphatic hydroxyl groups excluding tert-OH is 9. The molecule has 1 saturated carbocycles. The summed E-state index contributed by atoms with van der Waals surface area (Å²) in [6, 6.07) is 0. The molecule has 1 aliphatic heterocycles. The molecular formula is C12H23NO11. The van der Waals surface area contributed by atoms with E-state index in [9.17, 15) is 40.9 Å². The van der Waals surface area contributed by atoms with Crippen LogP contribution in [0.5, 0.6) is 0 Å². The van der Waals surface area contributed by atoms with Gasteiger partial charge in [-0.25, -0.2) is 0 Å². The second-order valence-electron chi connectivity index (χ2n) is 6.03. The van der Waals surface area contributed by atoms with Crippen molar-refractivity contribution in [3.63, 3.8) is 0 Å². The van der Waals surface area contributed by atoms with Crippen LogP contribution in [0.3, 0.4) is 0 Å². The largest absolute Gasteiger partial charge is 0.394 e. The first-order chi connectivity index (χ1) is 11.1. The molecule has 7 unspecified atom stereocenters. The average Bonchev–Trinajstić information content (AvgIpc) is 2.57. The molecule has 2 fully saturated rings. The van der Waals surface area contributed by atoms with Crippen molar-refractivity contribution in [3.8, 4) is 0 Å². The van der Waals surface area contributed by atoms with Crippen molar-refractivity contribution < 1.29 is 55.4 Å². The fourth-order valence-electron chi connectivity index (χ4n) is 2.79. The number of aliphatic hydroxyl groups is 9. The Kier molecular flexibility index (Phi) is 5.81. The number of hydrogen-bond acceptors (Lipinski definition) is 12. The predicted molar refractivity (Wildman–Crippen MR) is 71.8 cm³/mol. The Balaban J connectivity index is 2.23. The minimum Gasteiger partial charge on any atom is -0.394 e. The van der Waals surface area contributed by atoms with Crippen molar-refractivity contribution in [2.75, 3.05) is 6.61 Å². The van der Waals surface area contributed by atoms with E-state index in [4.69, 9.17) is 20.3 Å². The second kappa shape index (κ2) is 7.03. The summed E-state index contributed by atoms with van der Waals surface area (Å²) >= 11 is 0. The normalized spacial score (nSPS) is 56.2. The van der Waals surface area contributed by atoms with Crippen LogP contribution in [0.15, 0.2) is 0 Å². The van der Waals surface area contributed by atoms with Crippen LogP contribution in [-0.2, 0) is 9.47 Å². The van der Waals surface area contributed by atoms with E-state index in [0.29, 0.717) is 0 Å². The maximum atomic E-state index is 9.98. The van der Waals surface area contributed by atoms with Crippen LogP contribution >= 0.6 is 0 Å². The first-order valence-corrected chi connectivity index (χ1v) is 7.23. The summed E-state index contributed by atoms with van der Waals surface area (Å²) in [6.45, 7) is -0.753. The fourth-order valence-corrected chi connectivity index (χ4v) is 2.79. The molecule has 142 valence electrons. The number of hydrogen-bond donors (Lipinski definition) is 10. The molecule has 2 rings (SSSR count). The molecule has 11 N–H and O–H groups in total. The molecule has 12 heteroatoms. The van der Waals surface area contributed by atoms with Crippen LogP contribution in [0.25, 0.3) is 0 Å². The lowest BCUT2D eigenvalue weighted by Gasteiger charge is -2.51. The minimum atomic E-state index is -2.59. The van der Waals surface area contributed by atoms with Gasteiger partial charge in [-0.1, -0.05) is 0 Å². The van der Waals surface area contributed by atoms with E-state index >= 15 is 0 Å². The fraction of sp³-hybridized carbons (Fsp3) is 1.00. The van der Waals surface area contributed by atoms with Gasteiger partial charge in [-0.2, -0.15) is 0 Å². The van der Waals surface area contributed by atoms with Crippen LogP contribution in [0.4, 0.5) is 0 Å². The lowest BCUT2D eigenvalue weighted by atomic mass is 9.80. The summed E-state index contributed by atoms with van der Waals surface area (Å²) in [6.07, 6.45) is -18.6. The maximum Gasteiger partial charge on any atom is 0.189 e. The van der Waals surface area contributed by atoms with Gasteiger partial charge in [0.2, 0.25) is 0 Å². The van der Waals surface area contributed by atoms with Crippen molar-refractivity contribution in [2.45, 2.75) is 67.0 Å². The van der Waals surface area contributed by atoms with E-state index < -0.39 is 73.6 Å². The van der Waals surface area contributed by atoms with Crippen molar-refractivity contribution in [3.05, 3.63) is 0 Å². The van der Waals surface area contributed by atoms with Gasteiger partial charge in [-0.05, 0) is 0 Å². The molecule has 0 bridgehead atoms. The van der Waals surface area contributed by atoms with Gasteiger partial charge in [-0.15, -0.1) is 0 Å². The summed E-state index contributed by atoms with van der Waals surface area (Å²) in [5.74, 6) is 0. The van der Waals surface area contributed by atoms with Crippen LogP contribution in [0.2, 0.25) is 0 Å². The highest BCUT2D eigenvalue weighted by Gasteiger charge is 2.60. The molecule has 24 heavy (non-hydrogen) atoms. The third-order valence-corrected chi connectivity index (χ3v) is 4.44. The summed E-state index contributed by atoms with van der Waals surface area (Å²) in [7, 11) is 0. The van der Waals surface area contributed by atoms with E-state index in [2.05, 4.69) is 0 Å². The molecule has 0 radical (unpaired) electrons.